The second-order valence-electron chi connectivity index (χ2n) is 4.86. The normalized spacial score (nSPS) is 12.0. The van der Waals surface area contributed by atoms with Gasteiger partial charge in [0.25, 0.3) is 0 Å². The first-order chi connectivity index (χ1) is 10.7. The van der Waals surface area contributed by atoms with E-state index in [0.29, 0.717) is 22.5 Å². The topological polar surface area (TPSA) is 72.3 Å². The highest BCUT2D eigenvalue weighted by atomic mass is 79.9. The van der Waals surface area contributed by atoms with Crippen molar-refractivity contribution in [2.75, 3.05) is 0 Å². The summed E-state index contributed by atoms with van der Waals surface area (Å²) >= 11 is 9.58. The van der Waals surface area contributed by atoms with Crippen molar-refractivity contribution in [3.63, 3.8) is 0 Å². The fraction of sp³-hybridized carbons (Fsp3) is 0.143. The Labute approximate surface area is 139 Å². The van der Waals surface area contributed by atoms with E-state index in [9.17, 15) is 5.26 Å². The molecule has 0 amide bonds. The van der Waals surface area contributed by atoms with Crippen LogP contribution in [-0.4, -0.2) is 24.5 Å². The van der Waals surface area contributed by atoms with Crippen molar-refractivity contribution < 1.29 is 0 Å². The molecule has 1 aliphatic rings. The van der Waals surface area contributed by atoms with Gasteiger partial charge in [0, 0.05) is 16.8 Å². The number of hydrogen-bond acceptors (Lipinski definition) is 4. The SMILES string of the molecule is N#Cc1ncn2c1Cc1c(CBr)nnn1-c1cc(Cl)ccc1-2. The van der Waals surface area contributed by atoms with Crippen LogP contribution in [0.4, 0.5) is 0 Å². The van der Waals surface area contributed by atoms with Crippen LogP contribution in [0, 0.1) is 11.3 Å². The molecule has 22 heavy (non-hydrogen) atoms. The van der Waals surface area contributed by atoms with Crippen LogP contribution in [-0.2, 0) is 11.8 Å². The number of alkyl halides is 1. The zero-order chi connectivity index (χ0) is 15.3. The predicted octanol–water partition coefficient (Wildman–Crippen LogP) is 2.78. The van der Waals surface area contributed by atoms with Gasteiger partial charge in [-0.3, -0.25) is 4.57 Å². The first kappa shape index (κ1) is 13.5. The first-order valence-corrected chi connectivity index (χ1v) is 7.99. The molecule has 0 saturated carbocycles. The number of nitrogens with zero attached hydrogens (tertiary/aromatic N) is 6. The van der Waals surface area contributed by atoms with Gasteiger partial charge in [-0.25, -0.2) is 9.67 Å². The smallest absolute Gasteiger partial charge is 0.162 e. The third-order valence-corrected chi connectivity index (χ3v) is 4.47. The average Bonchev–Trinajstić information content (AvgIpc) is 3.09. The van der Waals surface area contributed by atoms with E-state index < -0.39 is 0 Å². The van der Waals surface area contributed by atoms with E-state index in [2.05, 4.69) is 37.3 Å². The van der Waals surface area contributed by atoms with Gasteiger partial charge < -0.3 is 0 Å². The van der Waals surface area contributed by atoms with Crippen LogP contribution < -0.4 is 0 Å². The summed E-state index contributed by atoms with van der Waals surface area (Å²) in [6, 6.07) is 7.69. The van der Waals surface area contributed by atoms with Crippen molar-refractivity contribution in [2.24, 2.45) is 0 Å². The molecule has 8 heteroatoms. The molecule has 2 aromatic heterocycles. The van der Waals surface area contributed by atoms with Crippen molar-refractivity contribution in [2.45, 2.75) is 11.8 Å². The lowest BCUT2D eigenvalue weighted by atomic mass is 10.2. The number of halogens is 2. The molecule has 0 bridgehead atoms. The molecular weight excluding hydrogens is 368 g/mol. The Balaban J connectivity index is 2.11. The van der Waals surface area contributed by atoms with E-state index in [1.54, 1.807) is 11.0 Å². The molecular formula is C14H8BrClN6. The Morgan fingerprint density at radius 3 is 2.95 bits per heavy atom. The highest BCUT2D eigenvalue weighted by Crippen LogP contribution is 2.31. The van der Waals surface area contributed by atoms with Crippen molar-refractivity contribution in [3.8, 4) is 17.4 Å². The van der Waals surface area contributed by atoms with Crippen LogP contribution in [0.1, 0.15) is 22.8 Å². The summed E-state index contributed by atoms with van der Waals surface area (Å²) in [7, 11) is 0. The van der Waals surface area contributed by atoms with Gasteiger partial charge in [-0.2, -0.15) is 5.26 Å². The number of imidazole rings is 1. The fourth-order valence-electron chi connectivity index (χ4n) is 2.68. The number of hydrogen-bond donors (Lipinski definition) is 0. The van der Waals surface area contributed by atoms with Crippen molar-refractivity contribution in [1.82, 2.24) is 24.5 Å². The maximum absolute atomic E-state index is 9.30. The molecule has 108 valence electrons. The summed E-state index contributed by atoms with van der Waals surface area (Å²) in [4.78, 5) is 4.20. The lowest BCUT2D eigenvalue weighted by molar-refractivity contribution is 0.777. The Bertz CT molecular complexity index is 935. The molecule has 3 heterocycles. The van der Waals surface area contributed by atoms with Gasteiger partial charge in [0.2, 0.25) is 0 Å². The summed E-state index contributed by atoms with van der Waals surface area (Å²) in [5, 5.41) is 19.0. The molecule has 0 spiro atoms. The number of fused-ring (bicyclic) bond motifs is 5. The Morgan fingerprint density at radius 1 is 1.32 bits per heavy atom. The van der Waals surface area contributed by atoms with Gasteiger partial charge in [-0.05, 0) is 18.2 Å². The molecule has 0 N–H and O–H groups in total. The molecule has 0 fully saturated rings. The molecule has 0 aliphatic carbocycles. The van der Waals surface area contributed by atoms with Crippen LogP contribution in [0.15, 0.2) is 24.5 Å². The Kier molecular flexibility index (Phi) is 3.03. The van der Waals surface area contributed by atoms with Gasteiger partial charge in [0.05, 0.1) is 28.5 Å². The summed E-state index contributed by atoms with van der Waals surface area (Å²) in [5.41, 5.74) is 4.70. The second kappa shape index (κ2) is 4.93. The van der Waals surface area contributed by atoms with Crippen molar-refractivity contribution >= 4 is 27.5 Å². The quantitative estimate of drug-likeness (QED) is 0.480. The molecule has 3 aromatic rings. The molecule has 0 saturated heterocycles. The van der Waals surface area contributed by atoms with E-state index in [0.717, 1.165) is 28.5 Å². The maximum Gasteiger partial charge on any atom is 0.162 e. The third kappa shape index (κ3) is 1.81. The second-order valence-corrected chi connectivity index (χ2v) is 5.86. The zero-order valence-corrected chi connectivity index (χ0v) is 13.5. The third-order valence-electron chi connectivity index (χ3n) is 3.70. The highest BCUT2D eigenvalue weighted by molar-refractivity contribution is 9.08. The van der Waals surface area contributed by atoms with Crippen LogP contribution in [0.25, 0.3) is 11.4 Å². The highest BCUT2D eigenvalue weighted by Gasteiger charge is 2.25. The molecule has 1 aliphatic heterocycles. The number of nitriles is 1. The standard InChI is InChI=1S/C14H8BrClN6/c15-5-9-13-4-12-10(6-17)18-7-21(12)11-2-1-8(16)3-14(11)22(13)20-19-9/h1-3,7H,4-5H2. The summed E-state index contributed by atoms with van der Waals surface area (Å²) < 4.78 is 3.70. The fourth-order valence-corrected chi connectivity index (χ4v) is 3.28. The van der Waals surface area contributed by atoms with Gasteiger partial charge in [0.15, 0.2) is 5.69 Å². The van der Waals surface area contributed by atoms with Crippen LogP contribution in [0.3, 0.4) is 0 Å². The van der Waals surface area contributed by atoms with Crippen LogP contribution >= 0.6 is 27.5 Å². The van der Waals surface area contributed by atoms with Crippen molar-refractivity contribution in [1.29, 1.82) is 5.26 Å². The predicted molar refractivity (Wildman–Crippen MR) is 83.6 cm³/mol. The number of benzene rings is 1. The monoisotopic (exact) mass is 374 g/mol. The van der Waals surface area contributed by atoms with Gasteiger partial charge in [-0.1, -0.05) is 32.7 Å². The van der Waals surface area contributed by atoms with E-state index in [4.69, 9.17) is 11.6 Å². The number of rotatable bonds is 1. The Hall–Kier alpha value is -2.17. The summed E-state index contributed by atoms with van der Waals surface area (Å²) in [6.07, 6.45) is 2.19. The van der Waals surface area contributed by atoms with Gasteiger partial charge >= 0.3 is 0 Å². The van der Waals surface area contributed by atoms with E-state index in [1.165, 1.54) is 0 Å². The van der Waals surface area contributed by atoms with Gasteiger partial charge in [-0.15, -0.1) is 5.10 Å². The summed E-state index contributed by atoms with van der Waals surface area (Å²) in [6.45, 7) is 0. The maximum atomic E-state index is 9.30. The lowest BCUT2D eigenvalue weighted by Crippen LogP contribution is -2.03. The first-order valence-electron chi connectivity index (χ1n) is 6.49. The zero-order valence-electron chi connectivity index (χ0n) is 11.2. The lowest BCUT2D eigenvalue weighted by Gasteiger charge is -2.09. The van der Waals surface area contributed by atoms with E-state index in [1.807, 2.05) is 22.8 Å². The molecule has 0 atom stereocenters. The van der Waals surface area contributed by atoms with E-state index in [-0.39, 0.29) is 0 Å². The Morgan fingerprint density at radius 2 is 2.18 bits per heavy atom. The average molecular weight is 376 g/mol. The molecule has 4 rings (SSSR count). The minimum atomic E-state index is 0.413. The van der Waals surface area contributed by atoms with Crippen LogP contribution in [0.5, 0.6) is 0 Å². The largest absolute Gasteiger partial charge is 0.299 e. The minimum absolute atomic E-state index is 0.413. The van der Waals surface area contributed by atoms with E-state index >= 15 is 0 Å². The molecule has 6 nitrogen and oxygen atoms in total. The summed E-state index contributed by atoms with van der Waals surface area (Å²) in [5.74, 6) is 0. The minimum Gasteiger partial charge on any atom is -0.299 e. The number of aromatic nitrogens is 5. The molecule has 1 aromatic carbocycles. The van der Waals surface area contributed by atoms with Crippen LogP contribution in [0.2, 0.25) is 5.02 Å². The van der Waals surface area contributed by atoms with Crippen molar-refractivity contribution in [3.05, 3.63) is 52.3 Å². The molecule has 0 unspecified atom stereocenters. The molecule has 0 radical (unpaired) electrons. The van der Waals surface area contributed by atoms with Gasteiger partial charge in [0.1, 0.15) is 12.4 Å².